The lowest BCUT2D eigenvalue weighted by Gasteiger charge is -2.31. The Morgan fingerprint density at radius 2 is 2.41 bits per heavy atom. The molecule has 1 aromatic rings. The van der Waals surface area contributed by atoms with Gasteiger partial charge in [0.2, 0.25) is 0 Å². The number of ether oxygens (including phenoxy) is 1. The summed E-state index contributed by atoms with van der Waals surface area (Å²) in [6.45, 7) is 5.99. The Kier molecular flexibility index (Phi) is 3.88. The molecule has 0 aliphatic carbocycles. The van der Waals surface area contributed by atoms with E-state index in [1.807, 2.05) is 0 Å². The van der Waals surface area contributed by atoms with Gasteiger partial charge in [-0.25, -0.2) is 9.97 Å². The third kappa shape index (κ3) is 2.71. The number of anilines is 1. The molecule has 1 aliphatic heterocycles. The van der Waals surface area contributed by atoms with Gasteiger partial charge in [-0.2, -0.15) is 0 Å². The van der Waals surface area contributed by atoms with Crippen LogP contribution in [0.4, 0.5) is 5.82 Å². The van der Waals surface area contributed by atoms with Gasteiger partial charge in [0.15, 0.2) is 5.82 Å². The largest absolute Gasteiger partial charge is 0.383 e. The molecule has 94 valence electrons. The lowest BCUT2D eigenvalue weighted by atomic mass is 10.2. The van der Waals surface area contributed by atoms with E-state index in [1.165, 1.54) is 0 Å². The SMILES string of the molecule is CCN1CCOC(c2ncc(CN)c(N)n2)C1. The molecular weight excluding hydrogens is 218 g/mol. The van der Waals surface area contributed by atoms with Gasteiger partial charge in [0, 0.05) is 31.4 Å². The highest BCUT2D eigenvalue weighted by molar-refractivity contribution is 5.37. The molecular formula is C11H19N5O. The summed E-state index contributed by atoms with van der Waals surface area (Å²) in [5, 5.41) is 0. The first-order valence-electron chi connectivity index (χ1n) is 5.90. The second-order valence-electron chi connectivity index (χ2n) is 4.10. The average Bonchev–Trinajstić information content (AvgIpc) is 2.38. The van der Waals surface area contributed by atoms with Crippen LogP contribution in [0, 0.1) is 0 Å². The van der Waals surface area contributed by atoms with Crippen LogP contribution < -0.4 is 11.5 Å². The molecule has 4 N–H and O–H groups in total. The Balaban J connectivity index is 2.13. The summed E-state index contributed by atoms with van der Waals surface area (Å²) in [5.41, 5.74) is 12.1. The third-order valence-electron chi connectivity index (χ3n) is 3.02. The molecule has 1 fully saturated rings. The summed E-state index contributed by atoms with van der Waals surface area (Å²) in [6.07, 6.45) is 1.60. The van der Waals surface area contributed by atoms with Crippen molar-refractivity contribution in [3.63, 3.8) is 0 Å². The Morgan fingerprint density at radius 3 is 3.06 bits per heavy atom. The Labute approximate surface area is 101 Å². The van der Waals surface area contributed by atoms with Crippen molar-refractivity contribution in [2.24, 2.45) is 5.73 Å². The van der Waals surface area contributed by atoms with Gasteiger partial charge in [0.1, 0.15) is 11.9 Å². The maximum Gasteiger partial charge on any atom is 0.160 e. The fourth-order valence-electron chi connectivity index (χ4n) is 1.89. The quantitative estimate of drug-likeness (QED) is 0.763. The molecule has 6 heteroatoms. The first kappa shape index (κ1) is 12.2. The Morgan fingerprint density at radius 1 is 1.59 bits per heavy atom. The van der Waals surface area contributed by atoms with Crippen LogP contribution in [0.5, 0.6) is 0 Å². The third-order valence-corrected chi connectivity index (χ3v) is 3.02. The summed E-state index contributed by atoms with van der Waals surface area (Å²) in [7, 11) is 0. The summed E-state index contributed by atoms with van der Waals surface area (Å²) < 4.78 is 5.67. The number of nitrogens with two attached hydrogens (primary N) is 2. The average molecular weight is 237 g/mol. The van der Waals surface area contributed by atoms with Crippen LogP contribution in [0.25, 0.3) is 0 Å². The molecule has 1 saturated heterocycles. The predicted octanol–water partition coefficient (Wildman–Crippen LogP) is -0.0893. The maximum absolute atomic E-state index is 5.81. The molecule has 0 spiro atoms. The lowest BCUT2D eigenvalue weighted by molar-refractivity contribution is -0.0325. The molecule has 1 atom stereocenters. The van der Waals surface area contributed by atoms with E-state index in [0.29, 0.717) is 24.8 Å². The van der Waals surface area contributed by atoms with Gasteiger partial charge in [0.25, 0.3) is 0 Å². The number of morpholine rings is 1. The van der Waals surface area contributed by atoms with Crippen LogP contribution in [0.3, 0.4) is 0 Å². The minimum Gasteiger partial charge on any atom is -0.383 e. The van der Waals surface area contributed by atoms with E-state index < -0.39 is 0 Å². The molecule has 0 aromatic carbocycles. The number of rotatable bonds is 3. The van der Waals surface area contributed by atoms with Crippen molar-refractivity contribution in [2.75, 3.05) is 32.0 Å². The number of hydrogen-bond acceptors (Lipinski definition) is 6. The fraction of sp³-hybridized carbons (Fsp3) is 0.636. The van der Waals surface area contributed by atoms with Crippen molar-refractivity contribution in [1.29, 1.82) is 0 Å². The smallest absolute Gasteiger partial charge is 0.160 e. The van der Waals surface area contributed by atoms with E-state index in [-0.39, 0.29) is 6.10 Å². The van der Waals surface area contributed by atoms with Crippen molar-refractivity contribution in [3.05, 3.63) is 17.6 Å². The van der Waals surface area contributed by atoms with Crippen LogP contribution in [0.2, 0.25) is 0 Å². The van der Waals surface area contributed by atoms with Crippen molar-refractivity contribution in [1.82, 2.24) is 14.9 Å². The molecule has 6 nitrogen and oxygen atoms in total. The predicted molar refractivity (Wildman–Crippen MR) is 65.1 cm³/mol. The fourth-order valence-corrected chi connectivity index (χ4v) is 1.89. The summed E-state index contributed by atoms with van der Waals surface area (Å²) in [6, 6.07) is 0. The van der Waals surface area contributed by atoms with Gasteiger partial charge in [-0.1, -0.05) is 6.92 Å². The van der Waals surface area contributed by atoms with Gasteiger partial charge in [-0.15, -0.1) is 0 Å². The number of nitrogens with zero attached hydrogens (tertiary/aromatic N) is 3. The molecule has 2 rings (SSSR count). The van der Waals surface area contributed by atoms with Gasteiger partial charge < -0.3 is 16.2 Å². The van der Waals surface area contributed by atoms with Crippen LogP contribution in [-0.4, -0.2) is 41.1 Å². The number of hydrogen-bond donors (Lipinski definition) is 2. The number of likely N-dealkylation sites (N-methyl/N-ethyl adjacent to an activating group) is 1. The summed E-state index contributed by atoms with van der Waals surface area (Å²) >= 11 is 0. The van der Waals surface area contributed by atoms with E-state index in [4.69, 9.17) is 16.2 Å². The number of nitrogen functional groups attached to an aromatic ring is 1. The highest BCUT2D eigenvalue weighted by atomic mass is 16.5. The van der Waals surface area contributed by atoms with Crippen LogP contribution in [0.1, 0.15) is 24.4 Å². The van der Waals surface area contributed by atoms with E-state index in [0.717, 1.165) is 25.2 Å². The Hall–Kier alpha value is -1.24. The second kappa shape index (κ2) is 5.39. The topological polar surface area (TPSA) is 90.3 Å². The summed E-state index contributed by atoms with van der Waals surface area (Å²) in [4.78, 5) is 10.9. The summed E-state index contributed by atoms with van der Waals surface area (Å²) in [5.74, 6) is 1.10. The number of aromatic nitrogens is 2. The van der Waals surface area contributed by atoms with E-state index in [9.17, 15) is 0 Å². The van der Waals surface area contributed by atoms with Crippen LogP contribution in [0.15, 0.2) is 6.20 Å². The van der Waals surface area contributed by atoms with Gasteiger partial charge in [-0.05, 0) is 6.54 Å². The molecule has 1 aromatic heterocycles. The molecule has 17 heavy (non-hydrogen) atoms. The van der Waals surface area contributed by atoms with Crippen molar-refractivity contribution >= 4 is 5.82 Å². The van der Waals surface area contributed by atoms with E-state index in [1.54, 1.807) is 6.20 Å². The molecule has 0 radical (unpaired) electrons. The standard InChI is InChI=1S/C11H19N5O/c1-2-16-3-4-17-9(7-16)11-14-6-8(5-12)10(13)15-11/h6,9H,2-5,7,12H2,1H3,(H2,13,14,15). The minimum absolute atomic E-state index is 0.0853. The van der Waals surface area contributed by atoms with Crippen molar-refractivity contribution in [2.45, 2.75) is 19.6 Å². The zero-order chi connectivity index (χ0) is 12.3. The molecule has 2 heterocycles. The second-order valence-corrected chi connectivity index (χ2v) is 4.10. The zero-order valence-electron chi connectivity index (χ0n) is 10.1. The molecule has 0 bridgehead atoms. The molecule has 0 amide bonds. The first-order valence-corrected chi connectivity index (χ1v) is 5.90. The maximum atomic E-state index is 5.81. The highest BCUT2D eigenvalue weighted by Gasteiger charge is 2.23. The lowest BCUT2D eigenvalue weighted by Crippen LogP contribution is -2.38. The van der Waals surface area contributed by atoms with Crippen LogP contribution >= 0.6 is 0 Å². The minimum atomic E-state index is -0.0853. The van der Waals surface area contributed by atoms with Crippen LogP contribution in [-0.2, 0) is 11.3 Å². The Bertz CT molecular complexity index is 384. The van der Waals surface area contributed by atoms with Crippen molar-refractivity contribution in [3.8, 4) is 0 Å². The van der Waals surface area contributed by atoms with Gasteiger partial charge in [-0.3, -0.25) is 4.90 Å². The highest BCUT2D eigenvalue weighted by Crippen LogP contribution is 2.20. The first-order chi connectivity index (χ1) is 8.24. The van der Waals surface area contributed by atoms with Crippen molar-refractivity contribution < 1.29 is 4.74 Å². The monoisotopic (exact) mass is 237 g/mol. The molecule has 1 aliphatic rings. The van der Waals surface area contributed by atoms with E-state index >= 15 is 0 Å². The molecule has 0 saturated carbocycles. The zero-order valence-corrected chi connectivity index (χ0v) is 10.1. The molecule has 1 unspecified atom stereocenters. The van der Waals surface area contributed by atoms with Gasteiger partial charge in [0.05, 0.1) is 6.61 Å². The van der Waals surface area contributed by atoms with Gasteiger partial charge >= 0.3 is 0 Å². The van der Waals surface area contributed by atoms with E-state index in [2.05, 4.69) is 21.8 Å². The normalized spacial score (nSPS) is 21.6.